The predicted octanol–water partition coefficient (Wildman–Crippen LogP) is 5.44. The van der Waals surface area contributed by atoms with E-state index in [1.54, 1.807) is 0 Å². The number of carbonyl (C=O) groups excluding carboxylic acids is 1. The molecule has 0 bridgehead atoms. The summed E-state index contributed by atoms with van der Waals surface area (Å²) in [7, 11) is 0. The zero-order valence-corrected chi connectivity index (χ0v) is 18.6. The Kier molecular flexibility index (Phi) is 5.77. The Morgan fingerprint density at radius 3 is 2.47 bits per heavy atom. The molecule has 1 amide bonds. The third-order valence-corrected chi connectivity index (χ3v) is 6.51. The van der Waals surface area contributed by atoms with Gasteiger partial charge in [-0.05, 0) is 55.5 Å². The van der Waals surface area contributed by atoms with Gasteiger partial charge in [0.15, 0.2) is 10.8 Å². The maximum Gasteiger partial charge on any atom is 0.237 e. The smallest absolute Gasteiger partial charge is 0.237 e. The number of rotatable bonds is 6. The monoisotopic (exact) mass is 418 g/mol. The highest BCUT2D eigenvalue weighted by Gasteiger charge is 2.21. The van der Waals surface area contributed by atoms with Gasteiger partial charge in [0.25, 0.3) is 0 Å². The number of aryl methyl sites for hydroxylation is 3. The van der Waals surface area contributed by atoms with Gasteiger partial charge in [-0.25, -0.2) is 0 Å². The summed E-state index contributed by atoms with van der Waals surface area (Å²) in [6.45, 7) is 8.21. The Balaban J connectivity index is 1.64. The van der Waals surface area contributed by atoms with Crippen molar-refractivity contribution in [2.45, 2.75) is 50.9 Å². The number of amides is 1. The van der Waals surface area contributed by atoms with E-state index in [1.165, 1.54) is 11.8 Å². The van der Waals surface area contributed by atoms with Crippen LogP contribution in [-0.4, -0.2) is 25.8 Å². The number of nitrogens with zero attached hydrogens (tertiary/aromatic N) is 3. The second-order valence-corrected chi connectivity index (χ2v) is 8.74. The third kappa shape index (κ3) is 3.67. The molecular weight excluding hydrogens is 392 g/mol. The molecule has 1 atom stereocenters. The van der Waals surface area contributed by atoms with Gasteiger partial charge in [-0.15, -0.1) is 10.2 Å². The summed E-state index contributed by atoms with van der Waals surface area (Å²) in [5, 5.41) is 13.5. The Bertz CT molecular complexity index is 1210. The molecule has 4 aromatic rings. The van der Waals surface area contributed by atoms with Crippen LogP contribution < -0.4 is 5.32 Å². The lowest BCUT2D eigenvalue weighted by molar-refractivity contribution is -0.115. The maximum atomic E-state index is 13.0. The largest absolute Gasteiger partial charge is 0.325 e. The zero-order valence-electron chi connectivity index (χ0n) is 17.8. The van der Waals surface area contributed by atoms with Gasteiger partial charge in [-0.1, -0.05) is 62.0 Å². The van der Waals surface area contributed by atoms with Crippen LogP contribution in [0.3, 0.4) is 0 Å². The summed E-state index contributed by atoms with van der Waals surface area (Å²) in [5.41, 5.74) is 6.29. The number of anilines is 1. The molecule has 0 saturated carbocycles. The van der Waals surface area contributed by atoms with Crippen molar-refractivity contribution in [2.24, 2.45) is 0 Å². The molecule has 0 saturated heterocycles. The molecule has 0 unspecified atom stereocenters. The van der Waals surface area contributed by atoms with Crippen LogP contribution in [0.15, 0.2) is 53.7 Å². The topological polar surface area (TPSA) is 59.3 Å². The molecule has 2 heterocycles. The van der Waals surface area contributed by atoms with Gasteiger partial charge in [-0.2, -0.15) is 0 Å². The third-order valence-electron chi connectivity index (χ3n) is 5.47. The average molecular weight is 419 g/mol. The van der Waals surface area contributed by atoms with E-state index in [-0.39, 0.29) is 11.2 Å². The summed E-state index contributed by atoms with van der Waals surface area (Å²) >= 11 is 1.43. The van der Waals surface area contributed by atoms with E-state index in [0.29, 0.717) is 0 Å². The first-order chi connectivity index (χ1) is 14.5. The van der Waals surface area contributed by atoms with Crippen molar-refractivity contribution >= 4 is 39.9 Å². The number of benzene rings is 2. The van der Waals surface area contributed by atoms with Crippen molar-refractivity contribution in [3.63, 3.8) is 0 Å². The highest BCUT2D eigenvalue weighted by Crippen LogP contribution is 2.29. The Morgan fingerprint density at radius 2 is 1.77 bits per heavy atom. The van der Waals surface area contributed by atoms with E-state index in [0.717, 1.165) is 56.9 Å². The van der Waals surface area contributed by atoms with Gasteiger partial charge in [-0.3, -0.25) is 9.20 Å². The van der Waals surface area contributed by atoms with Crippen molar-refractivity contribution in [3.8, 4) is 0 Å². The summed E-state index contributed by atoms with van der Waals surface area (Å²) < 4.78 is 2.04. The highest BCUT2D eigenvalue weighted by molar-refractivity contribution is 8.00. The van der Waals surface area contributed by atoms with Gasteiger partial charge in [0.05, 0.1) is 10.8 Å². The molecule has 154 valence electrons. The van der Waals surface area contributed by atoms with E-state index < -0.39 is 0 Å². The summed E-state index contributed by atoms with van der Waals surface area (Å²) in [5.74, 6) is -0.0243. The standard InChI is InChI=1S/C24H26N4OS/c1-5-17-10-9-11-18(6-2)22(17)25-23(29)16(4)30-24-27-26-21-14-15(3)19-12-7-8-13-20(19)28(21)24/h7-14,16H,5-6H2,1-4H3,(H,25,29)/t16-/m0/s1. The molecule has 5 nitrogen and oxygen atoms in total. The van der Waals surface area contributed by atoms with E-state index in [9.17, 15) is 4.79 Å². The van der Waals surface area contributed by atoms with Gasteiger partial charge in [0.2, 0.25) is 5.91 Å². The number of hydrogen-bond acceptors (Lipinski definition) is 4. The molecule has 2 aromatic heterocycles. The Labute approximate surface area is 180 Å². The van der Waals surface area contributed by atoms with Crippen molar-refractivity contribution in [3.05, 3.63) is 65.2 Å². The first-order valence-corrected chi connectivity index (χ1v) is 11.2. The number of fused-ring (bicyclic) bond motifs is 3. The maximum absolute atomic E-state index is 13.0. The van der Waals surface area contributed by atoms with Crippen LogP contribution >= 0.6 is 11.8 Å². The van der Waals surface area contributed by atoms with Gasteiger partial charge < -0.3 is 5.32 Å². The highest BCUT2D eigenvalue weighted by atomic mass is 32.2. The number of hydrogen-bond donors (Lipinski definition) is 1. The lowest BCUT2D eigenvalue weighted by atomic mass is 10.0. The minimum atomic E-state index is -0.313. The number of para-hydroxylation sites is 2. The number of carbonyl (C=O) groups is 1. The molecule has 0 radical (unpaired) electrons. The molecule has 0 fully saturated rings. The first kappa shape index (κ1) is 20.4. The van der Waals surface area contributed by atoms with Gasteiger partial charge in [0.1, 0.15) is 0 Å². The molecule has 0 aliphatic heterocycles. The van der Waals surface area contributed by atoms with Crippen molar-refractivity contribution in [1.29, 1.82) is 0 Å². The van der Waals surface area contributed by atoms with Crippen molar-refractivity contribution < 1.29 is 4.79 Å². The lowest BCUT2D eigenvalue weighted by Crippen LogP contribution is -2.24. The second-order valence-electron chi connectivity index (χ2n) is 7.43. The van der Waals surface area contributed by atoms with E-state index in [1.807, 2.05) is 29.5 Å². The zero-order chi connectivity index (χ0) is 21.3. The van der Waals surface area contributed by atoms with Crippen molar-refractivity contribution in [1.82, 2.24) is 14.6 Å². The van der Waals surface area contributed by atoms with Crippen LogP contribution in [0, 0.1) is 6.92 Å². The van der Waals surface area contributed by atoms with Crippen LogP contribution in [-0.2, 0) is 17.6 Å². The SMILES string of the molecule is CCc1cccc(CC)c1NC(=O)[C@H](C)Sc1nnc2cc(C)c3ccccc3n12. The normalized spacial score (nSPS) is 12.4. The first-order valence-electron chi connectivity index (χ1n) is 10.3. The van der Waals surface area contributed by atoms with Crippen LogP contribution in [0.5, 0.6) is 0 Å². The quantitative estimate of drug-likeness (QED) is 0.424. The summed E-state index contributed by atoms with van der Waals surface area (Å²) in [6.07, 6.45) is 1.76. The Morgan fingerprint density at radius 1 is 1.07 bits per heavy atom. The molecule has 0 spiro atoms. The molecule has 0 aliphatic rings. The van der Waals surface area contributed by atoms with E-state index in [4.69, 9.17) is 0 Å². The number of thioether (sulfide) groups is 1. The van der Waals surface area contributed by atoms with Gasteiger partial charge in [0, 0.05) is 11.1 Å². The summed E-state index contributed by atoms with van der Waals surface area (Å²) in [6, 6.07) is 16.5. The van der Waals surface area contributed by atoms with E-state index in [2.05, 4.69) is 66.6 Å². The fourth-order valence-corrected chi connectivity index (χ4v) is 4.66. The predicted molar refractivity (Wildman–Crippen MR) is 124 cm³/mol. The Hall–Kier alpha value is -2.86. The lowest BCUT2D eigenvalue weighted by Gasteiger charge is -2.17. The number of nitrogens with one attached hydrogen (secondary N) is 1. The van der Waals surface area contributed by atoms with Crippen LogP contribution in [0.25, 0.3) is 16.6 Å². The van der Waals surface area contributed by atoms with Crippen LogP contribution in [0.2, 0.25) is 0 Å². The number of pyridine rings is 1. The fourth-order valence-electron chi connectivity index (χ4n) is 3.79. The number of aromatic nitrogens is 3. The van der Waals surface area contributed by atoms with Crippen molar-refractivity contribution in [2.75, 3.05) is 5.32 Å². The molecule has 6 heteroatoms. The average Bonchev–Trinajstić information content (AvgIpc) is 3.16. The molecule has 0 aliphatic carbocycles. The molecule has 4 rings (SSSR count). The fraction of sp³-hybridized carbons (Fsp3) is 0.292. The van der Waals surface area contributed by atoms with Crippen LogP contribution in [0.1, 0.15) is 37.5 Å². The minimum Gasteiger partial charge on any atom is -0.325 e. The van der Waals surface area contributed by atoms with Crippen LogP contribution in [0.4, 0.5) is 5.69 Å². The molecule has 1 N–H and O–H groups in total. The minimum absolute atomic E-state index is 0.0243. The summed E-state index contributed by atoms with van der Waals surface area (Å²) in [4.78, 5) is 13.0. The second kappa shape index (κ2) is 8.48. The van der Waals surface area contributed by atoms with E-state index >= 15 is 0 Å². The van der Waals surface area contributed by atoms with Gasteiger partial charge >= 0.3 is 0 Å². The molecular formula is C24H26N4OS. The molecule has 2 aromatic carbocycles. The molecule has 30 heavy (non-hydrogen) atoms.